The van der Waals surface area contributed by atoms with Gasteiger partial charge in [-0.25, -0.2) is 0 Å². The van der Waals surface area contributed by atoms with E-state index in [1.165, 1.54) is 4.90 Å². The maximum absolute atomic E-state index is 12.2. The average molecular weight is 327 g/mol. The van der Waals surface area contributed by atoms with Crippen molar-refractivity contribution in [2.75, 3.05) is 24.7 Å². The van der Waals surface area contributed by atoms with Gasteiger partial charge in [0.05, 0.1) is 5.88 Å². The molecule has 0 aromatic heterocycles. The fourth-order valence-corrected chi connectivity index (χ4v) is 3.75. The van der Waals surface area contributed by atoms with E-state index in [4.69, 9.17) is 0 Å². The van der Waals surface area contributed by atoms with Gasteiger partial charge in [0.15, 0.2) is 0 Å². The highest BCUT2D eigenvalue weighted by molar-refractivity contribution is 7.99. The SMILES string of the molecule is CCC(=O)N1CSCC1C(=O)NCCN1C(=O)CCCC1=O. The largest absolute Gasteiger partial charge is 0.352 e. The van der Waals surface area contributed by atoms with Gasteiger partial charge in [-0.1, -0.05) is 6.92 Å². The first-order chi connectivity index (χ1) is 10.5. The molecule has 1 N–H and O–H groups in total. The molecule has 2 aliphatic rings. The summed E-state index contributed by atoms with van der Waals surface area (Å²) >= 11 is 1.55. The van der Waals surface area contributed by atoms with Crippen molar-refractivity contribution in [1.29, 1.82) is 0 Å². The maximum atomic E-state index is 12.2. The molecule has 2 aliphatic heterocycles. The monoisotopic (exact) mass is 327 g/mol. The molecular formula is C14H21N3O4S. The van der Waals surface area contributed by atoms with Gasteiger partial charge in [0, 0.05) is 38.1 Å². The molecular weight excluding hydrogens is 306 g/mol. The van der Waals surface area contributed by atoms with Gasteiger partial charge in [-0.3, -0.25) is 24.1 Å². The van der Waals surface area contributed by atoms with Crippen molar-refractivity contribution in [1.82, 2.24) is 15.1 Å². The second-order valence-electron chi connectivity index (χ2n) is 5.32. The van der Waals surface area contributed by atoms with Crippen LogP contribution in [0.3, 0.4) is 0 Å². The van der Waals surface area contributed by atoms with Crippen LogP contribution in [0.25, 0.3) is 0 Å². The van der Waals surface area contributed by atoms with Gasteiger partial charge in [0.25, 0.3) is 0 Å². The molecule has 0 saturated carbocycles. The number of nitrogens with one attached hydrogen (secondary N) is 1. The first kappa shape index (κ1) is 16.8. The summed E-state index contributed by atoms with van der Waals surface area (Å²) in [5, 5.41) is 2.73. The number of imide groups is 1. The van der Waals surface area contributed by atoms with Crippen molar-refractivity contribution in [2.24, 2.45) is 0 Å². The summed E-state index contributed by atoms with van der Waals surface area (Å²) in [6, 6.07) is -0.454. The molecule has 0 aliphatic carbocycles. The van der Waals surface area contributed by atoms with Gasteiger partial charge in [-0.2, -0.15) is 0 Å². The number of amides is 4. The number of nitrogens with zero attached hydrogens (tertiary/aromatic N) is 2. The highest BCUT2D eigenvalue weighted by atomic mass is 32.2. The third-order valence-electron chi connectivity index (χ3n) is 3.83. The molecule has 22 heavy (non-hydrogen) atoms. The molecule has 2 fully saturated rings. The number of hydrogen-bond acceptors (Lipinski definition) is 5. The summed E-state index contributed by atoms with van der Waals surface area (Å²) in [5.41, 5.74) is 0. The maximum Gasteiger partial charge on any atom is 0.243 e. The smallest absolute Gasteiger partial charge is 0.243 e. The molecule has 0 aromatic carbocycles. The van der Waals surface area contributed by atoms with E-state index in [1.54, 1.807) is 23.6 Å². The molecule has 1 unspecified atom stereocenters. The lowest BCUT2D eigenvalue weighted by molar-refractivity contribution is -0.148. The number of hydrogen-bond donors (Lipinski definition) is 1. The third kappa shape index (κ3) is 3.79. The molecule has 0 spiro atoms. The summed E-state index contributed by atoms with van der Waals surface area (Å²) in [5.74, 6) is 0.511. The minimum Gasteiger partial charge on any atom is -0.352 e. The number of rotatable bonds is 5. The summed E-state index contributed by atoms with van der Waals surface area (Å²) in [4.78, 5) is 50.0. The van der Waals surface area contributed by atoms with Crippen LogP contribution in [0, 0.1) is 0 Å². The minimum absolute atomic E-state index is 0.0356. The van der Waals surface area contributed by atoms with Crippen LogP contribution in [0.15, 0.2) is 0 Å². The Morgan fingerprint density at radius 3 is 2.59 bits per heavy atom. The van der Waals surface area contributed by atoms with Crippen molar-refractivity contribution in [2.45, 2.75) is 38.6 Å². The fourth-order valence-electron chi connectivity index (χ4n) is 2.57. The molecule has 2 heterocycles. The zero-order valence-electron chi connectivity index (χ0n) is 12.7. The normalized spacial score (nSPS) is 22.1. The number of likely N-dealkylation sites (tertiary alicyclic amines) is 1. The minimum atomic E-state index is -0.454. The fraction of sp³-hybridized carbons (Fsp3) is 0.714. The average Bonchev–Trinajstić information content (AvgIpc) is 2.99. The van der Waals surface area contributed by atoms with Gasteiger partial charge >= 0.3 is 0 Å². The summed E-state index contributed by atoms with van der Waals surface area (Å²) < 4.78 is 0. The molecule has 2 saturated heterocycles. The van der Waals surface area contributed by atoms with Crippen molar-refractivity contribution < 1.29 is 19.2 Å². The van der Waals surface area contributed by atoms with E-state index in [0.717, 1.165) is 0 Å². The van der Waals surface area contributed by atoms with E-state index in [2.05, 4.69) is 5.32 Å². The Balaban J connectivity index is 1.81. The number of thioether (sulfide) groups is 1. The number of carbonyl (C=O) groups excluding carboxylic acids is 4. The molecule has 0 radical (unpaired) electrons. The van der Waals surface area contributed by atoms with E-state index >= 15 is 0 Å². The van der Waals surface area contributed by atoms with Gasteiger partial charge in [0.2, 0.25) is 23.6 Å². The Morgan fingerprint density at radius 2 is 1.95 bits per heavy atom. The molecule has 2 rings (SSSR count). The van der Waals surface area contributed by atoms with Crippen LogP contribution >= 0.6 is 11.8 Å². The van der Waals surface area contributed by atoms with Gasteiger partial charge < -0.3 is 10.2 Å². The topological polar surface area (TPSA) is 86.8 Å². The molecule has 8 heteroatoms. The van der Waals surface area contributed by atoms with E-state index in [9.17, 15) is 19.2 Å². The lowest BCUT2D eigenvalue weighted by Crippen LogP contribution is -2.50. The van der Waals surface area contributed by atoms with Crippen LogP contribution in [-0.2, 0) is 19.2 Å². The number of piperidine rings is 1. The van der Waals surface area contributed by atoms with Crippen LogP contribution in [0.4, 0.5) is 0 Å². The predicted molar refractivity (Wildman–Crippen MR) is 81.8 cm³/mol. The van der Waals surface area contributed by atoms with Crippen LogP contribution in [-0.4, -0.2) is 64.2 Å². The standard InChI is InChI=1S/C14H21N3O4S/c1-2-11(18)17-9-22-8-10(17)14(21)15-6-7-16-12(19)4-3-5-13(16)20/h10H,2-9H2,1H3,(H,15,21). The van der Waals surface area contributed by atoms with Gasteiger partial charge in [0.1, 0.15) is 6.04 Å². The summed E-state index contributed by atoms with van der Waals surface area (Å²) in [6.45, 7) is 2.20. The summed E-state index contributed by atoms with van der Waals surface area (Å²) in [7, 11) is 0. The van der Waals surface area contributed by atoms with Crippen LogP contribution in [0.5, 0.6) is 0 Å². The Hall–Kier alpha value is -1.57. The highest BCUT2D eigenvalue weighted by Crippen LogP contribution is 2.21. The molecule has 7 nitrogen and oxygen atoms in total. The van der Waals surface area contributed by atoms with E-state index in [-0.39, 0.29) is 36.7 Å². The molecule has 0 bridgehead atoms. The van der Waals surface area contributed by atoms with Crippen LogP contribution in [0.1, 0.15) is 32.6 Å². The number of carbonyl (C=O) groups is 4. The Labute approximate surface area is 133 Å². The first-order valence-electron chi connectivity index (χ1n) is 7.52. The second-order valence-corrected chi connectivity index (χ2v) is 6.32. The zero-order valence-corrected chi connectivity index (χ0v) is 13.5. The highest BCUT2D eigenvalue weighted by Gasteiger charge is 2.34. The Morgan fingerprint density at radius 1 is 1.27 bits per heavy atom. The van der Waals surface area contributed by atoms with E-state index in [1.807, 2.05) is 0 Å². The predicted octanol–water partition coefficient (Wildman–Crippen LogP) is -0.0468. The lowest BCUT2D eigenvalue weighted by atomic mass is 10.1. The van der Waals surface area contributed by atoms with Gasteiger partial charge in [-0.15, -0.1) is 11.8 Å². The van der Waals surface area contributed by atoms with Crippen molar-refractivity contribution >= 4 is 35.4 Å². The molecule has 4 amide bonds. The second kappa shape index (κ2) is 7.62. The zero-order chi connectivity index (χ0) is 16.1. The lowest BCUT2D eigenvalue weighted by Gasteiger charge is -2.26. The Kier molecular flexibility index (Phi) is 5.82. The molecule has 1 atom stereocenters. The third-order valence-corrected chi connectivity index (χ3v) is 4.84. The Bertz CT molecular complexity index is 467. The van der Waals surface area contributed by atoms with Crippen LogP contribution < -0.4 is 5.32 Å². The quantitative estimate of drug-likeness (QED) is 0.716. The van der Waals surface area contributed by atoms with Crippen molar-refractivity contribution in [3.05, 3.63) is 0 Å². The van der Waals surface area contributed by atoms with E-state index < -0.39 is 6.04 Å². The van der Waals surface area contributed by atoms with Crippen molar-refractivity contribution in [3.63, 3.8) is 0 Å². The first-order valence-corrected chi connectivity index (χ1v) is 8.68. The molecule has 122 valence electrons. The van der Waals surface area contributed by atoms with E-state index in [0.29, 0.717) is 37.3 Å². The molecule has 0 aromatic rings. The van der Waals surface area contributed by atoms with Gasteiger partial charge in [-0.05, 0) is 6.42 Å². The van der Waals surface area contributed by atoms with Crippen molar-refractivity contribution in [3.8, 4) is 0 Å². The van der Waals surface area contributed by atoms with Crippen LogP contribution in [0.2, 0.25) is 0 Å². The summed E-state index contributed by atoms with van der Waals surface area (Å²) in [6.07, 6.45) is 1.75.